The molecule has 0 saturated heterocycles. The highest BCUT2D eigenvalue weighted by atomic mass is 35.5. The van der Waals surface area contributed by atoms with E-state index in [1.165, 1.54) is 0 Å². The highest BCUT2D eigenvalue weighted by molar-refractivity contribution is 6.33. The van der Waals surface area contributed by atoms with E-state index < -0.39 is 0 Å². The number of hydrogen-bond acceptors (Lipinski definition) is 2. The smallest absolute Gasteiger partial charge is 0.112 e. The maximum absolute atomic E-state index is 5.85. The molecule has 4 heteroatoms. The molecule has 0 amide bonds. The van der Waals surface area contributed by atoms with Crippen LogP contribution in [0.5, 0.6) is 0 Å². The molecule has 1 aromatic carbocycles. The van der Waals surface area contributed by atoms with Crippen LogP contribution in [0.25, 0.3) is 0 Å². The largest absolute Gasteiger partial charge is 0.398 e. The third-order valence-corrected chi connectivity index (χ3v) is 2.69. The first-order valence-corrected chi connectivity index (χ1v) is 5.04. The zero-order chi connectivity index (χ0) is 10.8. The highest BCUT2D eigenvalue weighted by Crippen LogP contribution is 2.20. The van der Waals surface area contributed by atoms with Gasteiger partial charge in [-0.15, -0.1) is 0 Å². The molecule has 1 aromatic heterocycles. The highest BCUT2D eigenvalue weighted by Gasteiger charge is 2.03. The average molecular weight is 222 g/mol. The number of benzene rings is 1. The summed E-state index contributed by atoms with van der Waals surface area (Å²) in [6.07, 6.45) is 4.48. The van der Waals surface area contributed by atoms with E-state index in [0.717, 1.165) is 17.8 Å². The van der Waals surface area contributed by atoms with Crippen LogP contribution in [0, 0.1) is 0 Å². The molecule has 0 unspecified atom stereocenters. The van der Waals surface area contributed by atoms with E-state index in [1.54, 1.807) is 6.20 Å². The van der Waals surface area contributed by atoms with Gasteiger partial charge in [-0.25, -0.2) is 4.98 Å². The summed E-state index contributed by atoms with van der Waals surface area (Å²) in [4.78, 5) is 4.25. The van der Waals surface area contributed by atoms with Crippen LogP contribution >= 0.6 is 11.6 Å². The monoisotopic (exact) mass is 221 g/mol. The van der Waals surface area contributed by atoms with Gasteiger partial charge in [0.25, 0.3) is 0 Å². The molecule has 0 aliphatic carbocycles. The number of anilines is 1. The maximum atomic E-state index is 5.85. The Morgan fingerprint density at radius 3 is 2.87 bits per heavy atom. The fourth-order valence-corrected chi connectivity index (χ4v) is 1.57. The van der Waals surface area contributed by atoms with Crippen LogP contribution in [-0.2, 0) is 13.5 Å². The van der Waals surface area contributed by atoms with Gasteiger partial charge >= 0.3 is 0 Å². The number of nitrogen functional groups attached to an aromatic ring is 1. The first-order valence-electron chi connectivity index (χ1n) is 4.67. The Morgan fingerprint density at radius 1 is 1.47 bits per heavy atom. The molecule has 1 heterocycles. The van der Waals surface area contributed by atoms with Crippen LogP contribution in [0.4, 0.5) is 5.69 Å². The zero-order valence-corrected chi connectivity index (χ0v) is 9.20. The lowest BCUT2D eigenvalue weighted by Crippen LogP contribution is -1.99. The molecule has 0 atom stereocenters. The van der Waals surface area contributed by atoms with Gasteiger partial charge in [0.15, 0.2) is 0 Å². The van der Waals surface area contributed by atoms with E-state index in [2.05, 4.69) is 4.98 Å². The lowest BCUT2D eigenvalue weighted by molar-refractivity contribution is 0.822. The fraction of sp³-hybridized carbons (Fsp3) is 0.182. The average Bonchev–Trinajstić information content (AvgIpc) is 2.59. The molecule has 2 N–H and O–H groups in total. The molecule has 0 aliphatic rings. The standard InChI is InChI=1S/C11H12ClN3/c1-15-5-4-14-11(15)7-8-2-3-9(12)10(13)6-8/h2-6H,7,13H2,1H3. The van der Waals surface area contributed by atoms with E-state index in [9.17, 15) is 0 Å². The van der Waals surface area contributed by atoms with Crippen molar-refractivity contribution in [2.24, 2.45) is 7.05 Å². The molecule has 0 fully saturated rings. The van der Waals surface area contributed by atoms with Crippen LogP contribution < -0.4 is 5.73 Å². The molecule has 78 valence electrons. The molecular weight excluding hydrogens is 210 g/mol. The van der Waals surface area contributed by atoms with Crippen molar-refractivity contribution in [2.75, 3.05) is 5.73 Å². The minimum absolute atomic E-state index is 0.596. The van der Waals surface area contributed by atoms with Crippen molar-refractivity contribution in [1.29, 1.82) is 0 Å². The summed E-state index contributed by atoms with van der Waals surface area (Å²) >= 11 is 5.85. The van der Waals surface area contributed by atoms with Gasteiger partial charge in [-0.05, 0) is 17.7 Å². The predicted molar refractivity (Wildman–Crippen MR) is 61.9 cm³/mol. The Labute approximate surface area is 93.5 Å². The maximum Gasteiger partial charge on any atom is 0.112 e. The molecule has 2 rings (SSSR count). The molecule has 0 aliphatic heterocycles. The summed E-state index contributed by atoms with van der Waals surface area (Å²) in [7, 11) is 1.97. The Morgan fingerprint density at radius 2 is 2.27 bits per heavy atom. The van der Waals surface area contributed by atoms with Crippen LogP contribution in [-0.4, -0.2) is 9.55 Å². The van der Waals surface area contributed by atoms with Crippen molar-refractivity contribution in [3.8, 4) is 0 Å². The van der Waals surface area contributed by atoms with E-state index in [4.69, 9.17) is 17.3 Å². The van der Waals surface area contributed by atoms with Gasteiger partial charge in [0.05, 0.1) is 10.7 Å². The summed E-state index contributed by atoms with van der Waals surface area (Å²) < 4.78 is 1.99. The van der Waals surface area contributed by atoms with Crippen molar-refractivity contribution >= 4 is 17.3 Å². The van der Waals surface area contributed by atoms with Gasteiger partial charge in [-0.3, -0.25) is 0 Å². The molecule has 0 radical (unpaired) electrons. The number of imidazole rings is 1. The minimum atomic E-state index is 0.596. The summed E-state index contributed by atoms with van der Waals surface area (Å²) in [6, 6.07) is 5.67. The summed E-state index contributed by atoms with van der Waals surface area (Å²) in [6.45, 7) is 0. The van der Waals surface area contributed by atoms with Gasteiger partial charge in [0.2, 0.25) is 0 Å². The van der Waals surface area contributed by atoms with Gasteiger partial charge in [0, 0.05) is 25.9 Å². The van der Waals surface area contributed by atoms with E-state index in [1.807, 2.05) is 36.0 Å². The van der Waals surface area contributed by atoms with Crippen LogP contribution in [0.1, 0.15) is 11.4 Å². The Hall–Kier alpha value is -1.48. The number of rotatable bonds is 2. The molecule has 3 nitrogen and oxygen atoms in total. The van der Waals surface area contributed by atoms with Gasteiger partial charge in [-0.1, -0.05) is 17.7 Å². The third kappa shape index (κ3) is 2.13. The Kier molecular flexibility index (Phi) is 2.64. The van der Waals surface area contributed by atoms with Crippen molar-refractivity contribution < 1.29 is 0 Å². The number of aromatic nitrogens is 2. The first-order chi connectivity index (χ1) is 7.16. The molecule has 0 saturated carbocycles. The van der Waals surface area contributed by atoms with Crippen molar-refractivity contribution in [3.05, 3.63) is 47.0 Å². The van der Waals surface area contributed by atoms with Gasteiger partial charge in [0.1, 0.15) is 5.82 Å². The number of nitrogens with two attached hydrogens (primary N) is 1. The summed E-state index contributed by atoms with van der Waals surface area (Å²) in [5.41, 5.74) is 7.46. The summed E-state index contributed by atoms with van der Waals surface area (Å²) in [5, 5.41) is 0.596. The minimum Gasteiger partial charge on any atom is -0.398 e. The Bertz CT molecular complexity index is 476. The van der Waals surface area contributed by atoms with Gasteiger partial charge < -0.3 is 10.3 Å². The lowest BCUT2D eigenvalue weighted by Gasteiger charge is -2.04. The number of aryl methyl sites for hydroxylation is 1. The lowest BCUT2D eigenvalue weighted by atomic mass is 10.1. The van der Waals surface area contributed by atoms with Gasteiger partial charge in [-0.2, -0.15) is 0 Å². The second-order valence-corrected chi connectivity index (χ2v) is 3.89. The van der Waals surface area contributed by atoms with E-state index >= 15 is 0 Å². The summed E-state index contributed by atoms with van der Waals surface area (Å²) in [5.74, 6) is 1.01. The number of hydrogen-bond donors (Lipinski definition) is 1. The predicted octanol–water partition coefficient (Wildman–Crippen LogP) is 2.25. The Balaban J connectivity index is 2.25. The number of nitrogens with zero attached hydrogens (tertiary/aromatic N) is 2. The molecule has 0 bridgehead atoms. The second kappa shape index (κ2) is 3.95. The van der Waals surface area contributed by atoms with Crippen LogP contribution in [0.2, 0.25) is 5.02 Å². The fourth-order valence-electron chi connectivity index (χ4n) is 1.45. The topological polar surface area (TPSA) is 43.8 Å². The van der Waals surface area contributed by atoms with Crippen LogP contribution in [0.3, 0.4) is 0 Å². The second-order valence-electron chi connectivity index (χ2n) is 3.49. The molecule has 2 aromatic rings. The van der Waals surface area contributed by atoms with Crippen molar-refractivity contribution in [3.63, 3.8) is 0 Å². The van der Waals surface area contributed by atoms with Crippen LogP contribution in [0.15, 0.2) is 30.6 Å². The normalized spacial score (nSPS) is 10.5. The zero-order valence-electron chi connectivity index (χ0n) is 8.44. The first kappa shape index (κ1) is 10.1. The SMILES string of the molecule is Cn1ccnc1Cc1ccc(Cl)c(N)c1. The van der Waals surface area contributed by atoms with Crippen molar-refractivity contribution in [1.82, 2.24) is 9.55 Å². The van der Waals surface area contributed by atoms with E-state index in [-0.39, 0.29) is 0 Å². The molecule has 15 heavy (non-hydrogen) atoms. The molecular formula is C11H12ClN3. The quantitative estimate of drug-likeness (QED) is 0.791. The molecule has 0 spiro atoms. The van der Waals surface area contributed by atoms with E-state index in [0.29, 0.717) is 10.7 Å². The third-order valence-electron chi connectivity index (χ3n) is 2.34. The number of halogens is 1. The van der Waals surface area contributed by atoms with Crippen molar-refractivity contribution in [2.45, 2.75) is 6.42 Å².